The molecule has 3 rings (SSSR count). The van der Waals surface area contributed by atoms with Crippen LogP contribution >= 0.6 is 11.6 Å². The number of benzene rings is 2. The molecule has 0 radical (unpaired) electrons. The summed E-state index contributed by atoms with van der Waals surface area (Å²) in [6.45, 7) is 2.24. The number of aryl methyl sites for hydroxylation is 1. The summed E-state index contributed by atoms with van der Waals surface area (Å²) in [6, 6.07) is 15.8. The highest BCUT2D eigenvalue weighted by molar-refractivity contribution is 6.30. The lowest BCUT2D eigenvalue weighted by Gasteiger charge is -2.33. The smallest absolute Gasteiger partial charge is 0.115 e. The third-order valence-electron chi connectivity index (χ3n) is 4.82. The van der Waals surface area contributed by atoms with Gasteiger partial charge in [-0.1, -0.05) is 23.7 Å². The number of phenolic OH excluding ortho intramolecular Hbond substituents is 1. The lowest BCUT2D eigenvalue weighted by atomic mass is 9.90. The van der Waals surface area contributed by atoms with Gasteiger partial charge in [0.15, 0.2) is 0 Å². The number of hydrogen-bond acceptors (Lipinski definition) is 2. The van der Waals surface area contributed by atoms with E-state index in [4.69, 9.17) is 11.6 Å². The number of nitrogens with zero attached hydrogens (tertiary/aromatic N) is 1. The molecule has 2 aromatic carbocycles. The van der Waals surface area contributed by atoms with Crippen LogP contribution in [0.15, 0.2) is 48.5 Å². The molecule has 2 nitrogen and oxygen atoms in total. The number of anilines is 1. The van der Waals surface area contributed by atoms with Crippen LogP contribution in [0.2, 0.25) is 5.02 Å². The summed E-state index contributed by atoms with van der Waals surface area (Å²) >= 11 is 5.92. The molecule has 0 bridgehead atoms. The average molecular weight is 330 g/mol. The Morgan fingerprint density at radius 3 is 2.26 bits per heavy atom. The molecule has 1 aliphatic rings. The van der Waals surface area contributed by atoms with Gasteiger partial charge in [0.25, 0.3) is 0 Å². The molecular weight excluding hydrogens is 306 g/mol. The molecule has 23 heavy (non-hydrogen) atoms. The minimum Gasteiger partial charge on any atom is -0.508 e. The van der Waals surface area contributed by atoms with Crippen molar-refractivity contribution in [2.24, 2.45) is 5.92 Å². The molecule has 2 aromatic rings. The van der Waals surface area contributed by atoms with E-state index >= 15 is 0 Å². The van der Waals surface area contributed by atoms with E-state index in [9.17, 15) is 5.11 Å². The molecule has 3 heteroatoms. The van der Waals surface area contributed by atoms with Crippen LogP contribution in [0.25, 0.3) is 0 Å². The van der Waals surface area contributed by atoms with Crippen LogP contribution in [-0.2, 0) is 6.42 Å². The standard InChI is InChI=1S/C20H24ClNO/c21-18-6-4-16(5-7-18)2-1-3-17-12-14-22(15-13-17)19-8-10-20(23)11-9-19/h4-11,17,23H,1-3,12-15H2. The molecule has 1 aliphatic heterocycles. The zero-order valence-electron chi connectivity index (χ0n) is 13.4. The molecule has 1 N–H and O–H groups in total. The fourth-order valence-corrected chi connectivity index (χ4v) is 3.52. The maximum atomic E-state index is 9.38. The molecule has 1 fully saturated rings. The molecule has 0 unspecified atom stereocenters. The topological polar surface area (TPSA) is 23.5 Å². The molecule has 0 atom stereocenters. The second-order valence-corrected chi connectivity index (χ2v) is 6.90. The summed E-state index contributed by atoms with van der Waals surface area (Å²) in [5.74, 6) is 1.18. The van der Waals surface area contributed by atoms with Gasteiger partial charge in [-0.25, -0.2) is 0 Å². The second-order valence-electron chi connectivity index (χ2n) is 6.47. The van der Waals surface area contributed by atoms with E-state index in [1.807, 2.05) is 24.3 Å². The Morgan fingerprint density at radius 2 is 1.61 bits per heavy atom. The summed E-state index contributed by atoms with van der Waals surface area (Å²) in [7, 11) is 0. The van der Waals surface area contributed by atoms with E-state index in [1.54, 1.807) is 12.1 Å². The summed E-state index contributed by atoms with van der Waals surface area (Å²) < 4.78 is 0. The van der Waals surface area contributed by atoms with Crippen molar-refractivity contribution in [3.8, 4) is 5.75 Å². The maximum absolute atomic E-state index is 9.38. The first kappa shape index (κ1) is 16.2. The SMILES string of the molecule is Oc1ccc(N2CCC(CCCc3ccc(Cl)cc3)CC2)cc1. The molecule has 1 saturated heterocycles. The van der Waals surface area contributed by atoms with Crippen LogP contribution in [-0.4, -0.2) is 18.2 Å². The zero-order chi connectivity index (χ0) is 16.1. The highest BCUT2D eigenvalue weighted by Gasteiger charge is 2.19. The van der Waals surface area contributed by atoms with Crippen molar-refractivity contribution in [3.63, 3.8) is 0 Å². The highest BCUT2D eigenvalue weighted by atomic mass is 35.5. The summed E-state index contributed by atoms with van der Waals surface area (Å²) in [6.07, 6.45) is 6.25. The van der Waals surface area contributed by atoms with Crippen molar-refractivity contribution in [2.75, 3.05) is 18.0 Å². The number of aromatic hydroxyl groups is 1. The van der Waals surface area contributed by atoms with E-state index in [-0.39, 0.29) is 0 Å². The normalized spacial score (nSPS) is 15.8. The zero-order valence-corrected chi connectivity index (χ0v) is 14.2. The summed E-state index contributed by atoms with van der Waals surface area (Å²) in [5, 5.41) is 10.2. The molecule has 0 amide bonds. The molecule has 122 valence electrons. The van der Waals surface area contributed by atoms with Crippen molar-refractivity contribution >= 4 is 17.3 Å². The number of halogens is 1. The monoisotopic (exact) mass is 329 g/mol. The van der Waals surface area contributed by atoms with Crippen molar-refractivity contribution in [1.29, 1.82) is 0 Å². The Balaban J connectivity index is 1.40. The molecular formula is C20H24ClNO. The third kappa shape index (κ3) is 4.65. The fourth-order valence-electron chi connectivity index (χ4n) is 3.39. The van der Waals surface area contributed by atoms with E-state index in [2.05, 4.69) is 17.0 Å². The molecule has 0 saturated carbocycles. The second kappa shape index (κ2) is 7.74. The molecule has 0 aromatic heterocycles. The van der Waals surface area contributed by atoms with E-state index in [0.717, 1.165) is 30.5 Å². The predicted octanol–water partition coefficient (Wildman–Crippen LogP) is 5.28. The van der Waals surface area contributed by atoms with Crippen LogP contribution < -0.4 is 4.90 Å². The number of phenols is 1. The summed E-state index contributed by atoms with van der Waals surface area (Å²) in [5.41, 5.74) is 2.61. The average Bonchev–Trinajstić information content (AvgIpc) is 2.58. The van der Waals surface area contributed by atoms with Gasteiger partial charge in [-0.05, 0) is 80.0 Å². The molecule has 0 spiro atoms. The Kier molecular flexibility index (Phi) is 5.45. The highest BCUT2D eigenvalue weighted by Crippen LogP contribution is 2.27. The van der Waals surface area contributed by atoms with E-state index in [1.165, 1.54) is 36.9 Å². The van der Waals surface area contributed by atoms with Gasteiger partial charge in [-0.15, -0.1) is 0 Å². The quantitative estimate of drug-likeness (QED) is 0.806. The Morgan fingerprint density at radius 1 is 0.957 bits per heavy atom. The van der Waals surface area contributed by atoms with Crippen LogP contribution in [0.3, 0.4) is 0 Å². The first-order valence-corrected chi connectivity index (χ1v) is 8.87. The summed E-state index contributed by atoms with van der Waals surface area (Å²) in [4.78, 5) is 2.43. The predicted molar refractivity (Wildman–Crippen MR) is 97.4 cm³/mol. The van der Waals surface area contributed by atoms with Gasteiger partial charge in [-0.3, -0.25) is 0 Å². The van der Waals surface area contributed by atoms with E-state index < -0.39 is 0 Å². The van der Waals surface area contributed by atoms with Gasteiger partial charge >= 0.3 is 0 Å². The minimum absolute atomic E-state index is 0.339. The lowest BCUT2D eigenvalue weighted by molar-refractivity contribution is 0.373. The van der Waals surface area contributed by atoms with Crippen molar-refractivity contribution in [2.45, 2.75) is 32.1 Å². The van der Waals surface area contributed by atoms with Gasteiger partial charge in [-0.2, -0.15) is 0 Å². The van der Waals surface area contributed by atoms with Gasteiger partial charge in [0.1, 0.15) is 5.75 Å². The van der Waals surface area contributed by atoms with Crippen molar-refractivity contribution in [3.05, 3.63) is 59.1 Å². The molecule has 1 heterocycles. The van der Waals surface area contributed by atoms with Gasteiger partial charge < -0.3 is 10.0 Å². The third-order valence-corrected chi connectivity index (χ3v) is 5.07. The Bertz CT molecular complexity index is 598. The van der Waals surface area contributed by atoms with Crippen LogP contribution in [0, 0.1) is 5.92 Å². The van der Waals surface area contributed by atoms with Crippen LogP contribution in [0.4, 0.5) is 5.69 Å². The Hall–Kier alpha value is -1.67. The number of piperidine rings is 1. The molecule has 0 aliphatic carbocycles. The van der Waals surface area contributed by atoms with Gasteiger partial charge in [0, 0.05) is 23.8 Å². The van der Waals surface area contributed by atoms with Gasteiger partial charge in [0.05, 0.1) is 0 Å². The number of hydrogen-bond donors (Lipinski definition) is 1. The minimum atomic E-state index is 0.339. The van der Waals surface area contributed by atoms with E-state index in [0.29, 0.717) is 5.75 Å². The van der Waals surface area contributed by atoms with Crippen LogP contribution in [0.5, 0.6) is 5.75 Å². The Labute approximate surface area is 143 Å². The number of rotatable bonds is 5. The first-order chi connectivity index (χ1) is 11.2. The largest absolute Gasteiger partial charge is 0.508 e. The lowest BCUT2D eigenvalue weighted by Crippen LogP contribution is -2.33. The van der Waals surface area contributed by atoms with Crippen molar-refractivity contribution in [1.82, 2.24) is 0 Å². The maximum Gasteiger partial charge on any atom is 0.115 e. The fraction of sp³-hybridized carbons (Fsp3) is 0.400. The van der Waals surface area contributed by atoms with Gasteiger partial charge in [0.2, 0.25) is 0 Å². The van der Waals surface area contributed by atoms with Crippen molar-refractivity contribution < 1.29 is 5.11 Å². The van der Waals surface area contributed by atoms with Crippen LogP contribution in [0.1, 0.15) is 31.2 Å². The first-order valence-electron chi connectivity index (χ1n) is 8.49.